The third-order valence-corrected chi connectivity index (χ3v) is 5.00. The molecule has 7 nitrogen and oxygen atoms in total. The number of fused-ring (bicyclic) bond motifs is 1. The van der Waals surface area contributed by atoms with Gasteiger partial charge in [-0.3, -0.25) is 9.19 Å². The van der Waals surface area contributed by atoms with E-state index in [9.17, 15) is 4.21 Å². The fraction of sp³-hybridized carbons (Fsp3) is 0.353. The Morgan fingerprint density at radius 1 is 1.31 bits per heavy atom. The second-order valence-corrected chi connectivity index (χ2v) is 6.90. The number of hydrogen-bond acceptors (Lipinski definition) is 6. The Bertz CT molecular complexity index is 951. The molecule has 0 spiro atoms. The van der Waals surface area contributed by atoms with Crippen LogP contribution >= 0.6 is 0 Å². The maximum Gasteiger partial charge on any atom is 1.00 e. The Balaban J connectivity index is 0.00000182. The summed E-state index contributed by atoms with van der Waals surface area (Å²) < 4.78 is 23.5. The molecule has 3 heterocycles. The minimum atomic E-state index is -1.37. The van der Waals surface area contributed by atoms with Crippen LogP contribution in [0.15, 0.2) is 23.5 Å². The first-order valence-electron chi connectivity index (χ1n) is 7.90. The molecular formula is C17H21N4NaO3S. The van der Waals surface area contributed by atoms with Crippen molar-refractivity contribution < 1.29 is 44.7 Å². The summed E-state index contributed by atoms with van der Waals surface area (Å²) >= 11 is 0. The quantitative estimate of drug-likeness (QED) is 0.592. The monoisotopic (exact) mass is 384 g/mol. The van der Waals surface area contributed by atoms with Gasteiger partial charge in [0.2, 0.25) is 5.88 Å². The van der Waals surface area contributed by atoms with E-state index in [4.69, 9.17) is 9.47 Å². The van der Waals surface area contributed by atoms with Gasteiger partial charge in [0.15, 0.2) is 10.8 Å². The fourth-order valence-electron chi connectivity index (χ4n) is 2.51. The molecule has 134 valence electrons. The zero-order valence-corrected chi connectivity index (χ0v) is 18.4. The van der Waals surface area contributed by atoms with Crippen LogP contribution in [-0.4, -0.2) is 37.9 Å². The summed E-state index contributed by atoms with van der Waals surface area (Å²) in [5, 5.41) is 0.375. The van der Waals surface area contributed by atoms with E-state index in [-0.39, 0.29) is 36.7 Å². The predicted octanol–water partition coefficient (Wildman–Crippen LogP) is -0.199. The van der Waals surface area contributed by atoms with Gasteiger partial charge in [0, 0.05) is 17.3 Å². The van der Waals surface area contributed by atoms with Crippen molar-refractivity contribution in [1.82, 2.24) is 19.9 Å². The van der Waals surface area contributed by atoms with Gasteiger partial charge in [-0.15, -0.1) is 0 Å². The molecule has 1 N–H and O–H groups in total. The number of nitrogens with zero attached hydrogens (tertiary/aromatic N) is 3. The predicted molar refractivity (Wildman–Crippen MR) is 96.5 cm³/mol. The van der Waals surface area contributed by atoms with Gasteiger partial charge in [-0.1, -0.05) is 0 Å². The Labute approximate surface area is 178 Å². The number of aromatic amines is 1. The van der Waals surface area contributed by atoms with Crippen LogP contribution in [0, 0.1) is 13.8 Å². The van der Waals surface area contributed by atoms with Gasteiger partial charge < -0.3 is 15.9 Å². The number of imidazole rings is 1. The second-order valence-electron chi connectivity index (χ2n) is 5.53. The van der Waals surface area contributed by atoms with Crippen molar-refractivity contribution in [3.05, 3.63) is 35.2 Å². The summed E-state index contributed by atoms with van der Waals surface area (Å²) in [6, 6.07) is 3.68. The van der Waals surface area contributed by atoms with Crippen LogP contribution in [0.3, 0.4) is 0 Å². The number of nitrogens with one attached hydrogen (secondary N) is 1. The molecule has 0 aliphatic carbocycles. The van der Waals surface area contributed by atoms with E-state index >= 15 is 0 Å². The smallest absolute Gasteiger partial charge is 1.00 e. The van der Waals surface area contributed by atoms with Crippen LogP contribution in [0.1, 0.15) is 25.2 Å². The number of ether oxygens (including phenoxy) is 2. The van der Waals surface area contributed by atoms with Crippen LogP contribution in [-0.2, 0) is 16.6 Å². The number of H-pyrrole nitrogens is 1. The molecular weight excluding hydrogens is 363 g/mol. The standard InChI is InChI=1S/C17H20N4O3S.Na.H/c1-5-24-16-10(2)8-12-15(20-16)21-17(19-12)25(22)9-13-11(3)14(23-4)6-7-18-13;;/h6-8H,5,9H2,1-4H3,(H,19,20,21);;/q;+1;-1. The Hall–Kier alpha value is -1.48. The van der Waals surface area contributed by atoms with E-state index in [0.29, 0.717) is 23.3 Å². The maximum absolute atomic E-state index is 12.7. The van der Waals surface area contributed by atoms with E-state index in [2.05, 4.69) is 19.9 Å². The first-order chi connectivity index (χ1) is 12.0. The van der Waals surface area contributed by atoms with Gasteiger partial charge in [0.05, 0.1) is 41.5 Å². The molecule has 3 aromatic rings. The van der Waals surface area contributed by atoms with Crippen molar-refractivity contribution in [2.75, 3.05) is 13.7 Å². The topological polar surface area (TPSA) is 90.0 Å². The van der Waals surface area contributed by atoms with Gasteiger partial charge in [-0.05, 0) is 32.9 Å². The average Bonchev–Trinajstić information content (AvgIpc) is 3.00. The summed E-state index contributed by atoms with van der Waals surface area (Å²) in [5.74, 6) is 1.52. The van der Waals surface area contributed by atoms with Crippen LogP contribution < -0.4 is 39.0 Å². The number of pyridine rings is 2. The first-order valence-corrected chi connectivity index (χ1v) is 9.22. The summed E-state index contributed by atoms with van der Waals surface area (Å²) in [4.78, 5) is 16.1. The Morgan fingerprint density at radius 2 is 2.08 bits per heavy atom. The number of rotatable bonds is 6. The molecule has 26 heavy (non-hydrogen) atoms. The van der Waals surface area contributed by atoms with Crippen molar-refractivity contribution in [3.63, 3.8) is 0 Å². The van der Waals surface area contributed by atoms with Gasteiger partial charge in [-0.25, -0.2) is 4.98 Å². The van der Waals surface area contributed by atoms with Crippen LogP contribution in [0.2, 0.25) is 0 Å². The van der Waals surface area contributed by atoms with E-state index in [0.717, 1.165) is 28.1 Å². The van der Waals surface area contributed by atoms with Crippen molar-refractivity contribution in [1.29, 1.82) is 0 Å². The summed E-state index contributed by atoms with van der Waals surface area (Å²) in [5.41, 5.74) is 3.73. The molecule has 3 rings (SSSR count). The maximum atomic E-state index is 12.7. The third-order valence-electron chi connectivity index (χ3n) is 3.84. The molecule has 1 unspecified atom stereocenters. The Kier molecular flexibility index (Phi) is 7.16. The molecule has 9 heteroatoms. The molecule has 0 amide bonds. The SMILES string of the molecule is CCOc1nc2nc(S(=O)Cc3nccc(OC)c3C)[nH]c2cc1C.[H-].[Na+]. The minimum absolute atomic E-state index is 0. The van der Waals surface area contributed by atoms with E-state index in [1.165, 1.54) is 0 Å². The van der Waals surface area contributed by atoms with Gasteiger partial charge in [0.1, 0.15) is 5.75 Å². The molecule has 0 aromatic carbocycles. The van der Waals surface area contributed by atoms with Crippen molar-refractivity contribution in [3.8, 4) is 11.6 Å². The van der Waals surface area contributed by atoms with Crippen molar-refractivity contribution in [2.45, 2.75) is 31.7 Å². The normalized spacial score (nSPS) is 11.8. The van der Waals surface area contributed by atoms with Crippen LogP contribution in [0.5, 0.6) is 11.6 Å². The molecule has 3 aromatic heterocycles. The van der Waals surface area contributed by atoms with Crippen LogP contribution in [0.25, 0.3) is 11.2 Å². The van der Waals surface area contributed by atoms with E-state index < -0.39 is 10.8 Å². The summed E-state index contributed by atoms with van der Waals surface area (Å²) in [6.45, 7) is 6.25. The summed E-state index contributed by atoms with van der Waals surface area (Å²) in [6.07, 6.45) is 1.65. The molecule has 0 aliphatic rings. The zero-order valence-electron chi connectivity index (χ0n) is 16.6. The molecule has 0 fully saturated rings. The second kappa shape index (κ2) is 8.94. The van der Waals surface area contributed by atoms with Crippen molar-refractivity contribution in [2.24, 2.45) is 0 Å². The zero-order chi connectivity index (χ0) is 18.0. The minimum Gasteiger partial charge on any atom is -1.00 e. The number of hydrogen-bond donors (Lipinski definition) is 1. The number of methoxy groups -OCH3 is 1. The average molecular weight is 384 g/mol. The molecule has 1 atom stereocenters. The molecule has 0 bridgehead atoms. The molecule has 0 saturated heterocycles. The number of aromatic nitrogens is 4. The third kappa shape index (κ3) is 4.25. The van der Waals surface area contributed by atoms with Crippen molar-refractivity contribution >= 4 is 22.0 Å². The van der Waals surface area contributed by atoms with Gasteiger partial charge in [0.25, 0.3) is 0 Å². The van der Waals surface area contributed by atoms with Gasteiger partial charge in [-0.2, -0.15) is 4.98 Å². The Morgan fingerprint density at radius 3 is 2.77 bits per heavy atom. The van der Waals surface area contributed by atoms with E-state index in [1.54, 1.807) is 19.4 Å². The molecule has 0 saturated carbocycles. The first kappa shape index (κ1) is 20.8. The largest absolute Gasteiger partial charge is 1.00 e. The molecule has 0 aliphatic heterocycles. The molecule has 0 radical (unpaired) electrons. The van der Waals surface area contributed by atoms with E-state index in [1.807, 2.05) is 26.8 Å². The number of aryl methyl sites for hydroxylation is 1. The van der Waals surface area contributed by atoms with Gasteiger partial charge >= 0.3 is 29.6 Å². The summed E-state index contributed by atoms with van der Waals surface area (Å²) in [7, 11) is 0.233. The fourth-order valence-corrected chi connectivity index (χ4v) is 3.60. The van der Waals surface area contributed by atoms with Crippen LogP contribution in [0.4, 0.5) is 0 Å².